The zero-order valence-electron chi connectivity index (χ0n) is 43.6. The number of halogens is 2. The van der Waals surface area contributed by atoms with E-state index in [0.717, 1.165) is 50.7 Å². The molecule has 0 unspecified atom stereocenters. The summed E-state index contributed by atoms with van der Waals surface area (Å²) in [5.41, 5.74) is 0.295. The predicted octanol–water partition coefficient (Wildman–Crippen LogP) is 17.0. The molecule has 0 heterocycles. The van der Waals surface area contributed by atoms with Gasteiger partial charge in [0.1, 0.15) is 23.0 Å². The zero-order chi connectivity index (χ0) is 52.6. The number of esters is 4. The van der Waals surface area contributed by atoms with Crippen molar-refractivity contribution in [2.45, 2.75) is 168 Å². The maximum atomic E-state index is 14.8. The van der Waals surface area contributed by atoms with Crippen LogP contribution in [-0.2, 0) is 0 Å². The standard InChI is InChI=1S/C62H76F2O10/c1-3-5-7-9-11-13-15-17-19-21-23-25-42-69-57-40-34-49(44-55(57)63)61(67)71-51-36-30-47(31-37-51)59(65)73-53-28-27-29-54(46-53)74-60(66)48-32-38-52(39-33-48)72-62(68)50-35-41-58(56(64)45-50)70-43-26-24-22-20-18-16-14-12-10-8-6-4-2/h27-41,44-46H,3-26,42-43H2,1-2H3. The molecule has 0 spiro atoms. The molecule has 0 radical (unpaired) electrons. The highest BCUT2D eigenvalue weighted by Gasteiger charge is 2.17. The van der Waals surface area contributed by atoms with Gasteiger partial charge in [0.15, 0.2) is 23.1 Å². The van der Waals surface area contributed by atoms with E-state index in [2.05, 4.69) is 13.8 Å². The van der Waals surface area contributed by atoms with Crippen LogP contribution in [0.5, 0.6) is 34.5 Å². The Labute approximate surface area is 437 Å². The summed E-state index contributed by atoms with van der Waals surface area (Å²) in [6, 6.07) is 25.1. The van der Waals surface area contributed by atoms with Crippen molar-refractivity contribution < 1.29 is 56.4 Å². The van der Waals surface area contributed by atoms with Gasteiger partial charge in [-0.15, -0.1) is 0 Å². The monoisotopic (exact) mass is 1020 g/mol. The molecule has 0 aliphatic rings. The van der Waals surface area contributed by atoms with Crippen LogP contribution in [0.2, 0.25) is 0 Å². The molecule has 0 bridgehead atoms. The lowest BCUT2D eigenvalue weighted by molar-refractivity contribution is 0.0722. The number of hydrogen-bond acceptors (Lipinski definition) is 10. The van der Waals surface area contributed by atoms with Crippen LogP contribution in [0, 0.1) is 11.6 Å². The molecule has 0 fully saturated rings. The molecular weight excluding hydrogens is 943 g/mol. The van der Waals surface area contributed by atoms with Crippen molar-refractivity contribution in [1.82, 2.24) is 0 Å². The second-order valence-corrected chi connectivity index (χ2v) is 18.8. The maximum absolute atomic E-state index is 14.8. The van der Waals surface area contributed by atoms with Gasteiger partial charge in [-0.25, -0.2) is 28.0 Å². The van der Waals surface area contributed by atoms with E-state index < -0.39 is 35.5 Å². The number of rotatable bonds is 36. The van der Waals surface area contributed by atoms with Crippen molar-refractivity contribution in [2.24, 2.45) is 0 Å². The molecule has 5 aromatic carbocycles. The van der Waals surface area contributed by atoms with Crippen LogP contribution in [0.1, 0.15) is 209 Å². The topological polar surface area (TPSA) is 124 Å². The third-order valence-electron chi connectivity index (χ3n) is 12.7. The Morgan fingerprint density at radius 2 is 0.608 bits per heavy atom. The number of unbranched alkanes of at least 4 members (excludes halogenated alkanes) is 22. The Hall–Kier alpha value is -6.56. The van der Waals surface area contributed by atoms with Crippen LogP contribution in [0.15, 0.2) is 109 Å². The Kier molecular flexibility index (Phi) is 26.8. The molecular formula is C62H76F2O10. The number of carbonyl (C=O) groups is 4. The third kappa shape index (κ3) is 21.9. The second kappa shape index (κ2) is 34.0. The summed E-state index contributed by atoms with van der Waals surface area (Å²) in [4.78, 5) is 51.7. The van der Waals surface area contributed by atoms with Gasteiger partial charge in [0.25, 0.3) is 0 Å². The summed E-state index contributed by atoms with van der Waals surface area (Å²) in [5, 5.41) is 0. The summed E-state index contributed by atoms with van der Waals surface area (Å²) >= 11 is 0. The maximum Gasteiger partial charge on any atom is 0.343 e. The van der Waals surface area contributed by atoms with Gasteiger partial charge < -0.3 is 28.4 Å². The van der Waals surface area contributed by atoms with E-state index in [1.54, 1.807) is 6.07 Å². The van der Waals surface area contributed by atoms with Crippen molar-refractivity contribution in [3.63, 3.8) is 0 Å². The highest BCUT2D eigenvalue weighted by molar-refractivity contribution is 5.94. The van der Waals surface area contributed by atoms with Crippen molar-refractivity contribution in [3.8, 4) is 34.5 Å². The van der Waals surface area contributed by atoms with Crippen molar-refractivity contribution in [2.75, 3.05) is 13.2 Å². The number of carbonyl (C=O) groups excluding carboxylic acids is 4. The Balaban J connectivity index is 0.972. The highest BCUT2D eigenvalue weighted by atomic mass is 19.1. The largest absolute Gasteiger partial charge is 0.491 e. The number of benzene rings is 5. The summed E-state index contributed by atoms with van der Waals surface area (Å²) in [6.07, 6.45) is 29.3. The molecule has 10 nitrogen and oxygen atoms in total. The molecule has 0 saturated heterocycles. The quantitative estimate of drug-likeness (QED) is 0.0218. The van der Waals surface area contributed by atoms with Gasteiger partial charge >= 0.3 is 23.9 Å². The number of ether oxygens (including phenoxy) is 6. The van der Waals surface area contributed by atoms with Crippen molar-refractivity contribution >= 4 is 23.9 Å². The molecule has 398 valence electrons. The van der Waals surface area contributed by atoms with Gasteiger partial charge in [-0.1, -0.05) is 161 Å². The summed E-state index contributed by atoms with van der Waals surface area (Å²) < 4.78 is 62.8. The predicted molar refractivity (Wildman–Crippen MR) is 285 cm³/mol. The van der Waals surface area contributed by atoms with Crippen molar-refractivity contribution in [3.05, 3.63) is 143 Å². The highest BCUT2D eigenvalue weighted by Crippen LogP contribution is 2.26. The molecule has 5 aromatic rings. The summed E-state index contributed by atoms with van der Waals surface area (Å²) in [5.74, 6) is -3.73. The Morgan fingerprint density at radius 3 is 0.932 bits per heavy atom. The van der Waals surface area contributed by atoms with Crippen LogP contribution in [0.3, 0.4) is 0 Å². The van der Waals surface area contributed by atoms with E-state index in [1.165, 1.54) is 207 Å². The number of hydrogen-bond donors (Lipinski definition) is 0. The fourth-order valence-corrected chi connectivity index (χ4v) is 8.32. The minimum Gasteiger partial charge on any atom is -0.491 e. The van der Waals surface area contributed by atoms with Crippen LogP contribution in [0.25, 0.3) is 0 Å². The first kappa shape index (κ1) is 58.3. The zero-order valence-corrected chi connectivity index (χ0v) is 43.6. The van der Waals surface area contributed by atoms with E-state index in [9.17, 15) is 28.0 Å². The third-order valence-corrected chi connectivity index (χ3v) is 12.7. The lowest BCUT2D eigenvalue weighted by Crippen LogP contribution is -2.11. The molecule has 0 atom stereocenters. The second-order valence-electron chi connectivity index (χ2n) is 18.8. The van der Waals surface area contributed by atoms with Gasteiger partial charge in [0.2, 0.25) is 0 Å². The van der Waals surface area contributed by atoms with E-state index >= 15 is 0 Å². The van der Waals surface area contributed by atoms with Crippen LogP contribution >= 0.6 is 0 Å². The average molecular weight is 1020 g/mol. The lowest BCUT2D eigenvalue weighted by atomic mass is 10.1. The lowest BCUT2D eigenvalue weighted by Gasteiger charge is -2.10. The normalized spacial score (nSPS) is 11.0. The molecule has 0 N–H and O–H groups in total. The molecule has 5 rings (SSSR count). The van der Waals surface area contributed by atoms with Gasteiger partial charge in [-0.05, 0) is 110 Å². The van der Waals surface area contributed by atoms with Gasteiger partial charge in [-0.2, -0.15) is 0 Å². The van der Waals surface area contributed by atoms with Crippen LogP contribution in [0.4, 0.5) is 8.78 Å². The van der Waals surface area contributed by atoms with Crippen LogP contribution < -0.4 is 28.4 Å². The van der Waals surface area contributed by atoms with E-state index in [0.29, 0.717) is 13.2 Å². The van der Waals surface area contributed by atoms with Gasteiger partial charge in [0.05, 0.1) is 35.5 Å². The minimum absolute atomic E-state index is 0.00375. The molecule has 0 aromatic heterocycles. The molecule has 74 heavy (non-hydrogen) atoms. The molecule has 12 heteroatoms. The first-order valence-corrected chi connectivity index (χ1v) is 27.2. The Bertz CT molecular complexity index is 2290. The van der Waals surface area contributed by atoms with E-state index in [-0.39, 0.29) is 56.8 Å². The average Bonchev–Trinajstić information content (AvgIpc) is 3.40. The summed E-state index contributed by atoms with van der Waals surface area (Å²) in [6.45, 7) is 5.26. The fraction of sp³-hybridized carbons (Fsp3) is 0.452. The fourth-order valence-electron chi connectivity index (χ4n) is 8.32. The first-order valence-electron chi connectivity index (χ1n) is 27.2. The van der Waals surface area contributed by atoms with Gasteiger partial charge in [0, 0.05) is 6.07 Å². The smallest absolute Gasteiger partial charge is 0.343 e. The molecule has 0 saturated carbocycles. The van der Waals surface area contributed by atoms with E-state index in [4.69, 9.17) is 28.4 Å². The van der Waals surface area contributed by atoms with Crippen LogP contribution in [-0.4, -0.2) is 37.1 Å². The molecule has 0 aliphatic heterocycles. The SMILES string of the molecule is CCCCCCCCCCCCCCOc1ccc(C(=O)Oc2ccc(C(=O)Oc3cccc(OC(=O)c4ccc(OC(=O)c5ccc(OCCCCCCCCCCCCCC)c(F)c5)cc4)c3)cc2)cc1F. The minimum atomic E-state index is -0.780. The van der Waals surface area contributed by atoms with Gasteiger partial charge in [-0.3, -0.25) is 0 Å². The van der Waals surface area contributed by atoms with E-state index in [1.807, 2.05) is 0 Å². The summed E-state index contributed by atoms with van der Waals surface area (Å²) in [7, 11) is 0. The molecule has 0 aliphatic carbocycles. The first-order chi connectivity index (χ1) is 36.1. The van der Waals surface area contributed by atoms with Crippen molar-refractivity contribution in [1.29, 1.82) is 0 Å². The Morgan fingerprint density at radius 1 is 0.324 bits per heavy atom. The molecule has 0 amide bonds.